The van der Waals surface area contributed by atoms with Gasteiger partial charge >= 0.3 is 0 Å². The van der Waals surface area contributed by atoms with Crippen LogP contribution in [0.1, 0.15) is 18.4 Å². The zero-order valence-electron chi connectivity index (χ0n) is 12.8. The molecule has 0 amide bonds. The average molecular weight is 299 g/mol. The third kappa shape index (κ3) is 3.36. The molecular weight excluding hydrogens is 278 g/mol. The maximum Gasteiger partial charge on any atom is 0.225 e. The molecule has 1 N–H and O–H groups in total. The second-order valence-electron chi connectivity index (χ2n) is 5.85. The third-order valence-electron chi connectivity index (χ3n) is 3.98. The maximum absolute atomic E-state index is 10.8. The van der Waals surface area contributed by atoms with Crippen LogP contribution >= 0.6 is 0 Å². The Bertz CT molecular complexity index is 620. The van der Waals surface area contributed by atoms with Gasteiger partial charge in [0.2, 0.25) is 5.95 Å². The van der Waals surface area contributed by atoms with Crippen LogP contribution in [0.5, 0.6) is 5.75 Å². The van der Waals surface area contributed by atoms with E-state index in [0.29, 0.717) is 12.5 Å². The first-order valence-electron chi connectivity index (χ1n) is 7.59. The first-order valence-corrected chi connectivity index (χ1v) is 7.59. The summed E-state index contributed by atoms with van der Waals surface area (Å²) in [4.78, 5) is 10.5. The highest BCUT2D eigenvalue weighted by atomic mass is 16.5. The number of aryl methyl sites for hydroxylation is 1. The van der Waals surface area contributed by atoms with Gasteiger partial charge < -0.3 is 14.7 Å². The lowest BCUT2D eigenvalue weighted by atomic mass is 9.94. The summed E-state index contributed by atoms with van der Waals surface area (Å²) in [5, 5.41) is 10.8. The molecule has 3 rings (SSSR count). The molecule has 1 saturated heterocycles. The smallest absolute Gasteiger partial charge is 0.225 e. The van der Waals surface area contributed by atoms with E-state index in [1.165, 1.54) is 0 Å². The van der Waals surface area contributed by atoms with Crippen LogP contribution in [0, 0.1) is 6.92 Å². The normalized spacial score (nSPS) is 21.6. The first kappa shape index (κ1) is 14.8. The zero-order valence-corrected chi connectivity index (χ0v) is 12.8. The highest BCUT2D eigenvalue weighted by Gasteiger charge is 2.35. The van der Waals surface area contributed by atoms with E-state index >= 15 is 0 Å². The Hall–Kier alpha value is -2.14. The number of anilines is 1. The molecule has 22 heavy (non-hydrogen) atoms. The van der Waals surface area contributed by atoms with Gasteiger partial charge in [0, 0.05) is 18.9 Å². The van der Waals surface area contributed by atoms with Crippen LogP contribution in [0.4, 0.5) is 5.95 Å². The van der Waals surface area contributed by atoms with Gasteiger partial charge in [-0.2, -0.15) is 0 Å². The van der Waals surface area contributed by atoms with Crippen molar-refractivity contribution in [1.82, 2.24) is 9.97 Å². The molecule has 0 aliphatic carbocycles. The van der Waals surface area contributed by atoms with Gasteiger partial charge in [-0.25, -0.2) is 9.97 Å². The Morgan fingerprint density at radius 2 is 2.00 bits per heavy atom. The van der Waals surface area contributed by atoms with Crippen molar-refractivity contribution >= 4 is 5.95 Å². The van der Waals surface area contributed by atoms with E-state index in [9.17, 15) is 5.11 Å². The van der Waals surface area contributed by atoms with E-state index in [-0.39, 0.29) is 6.61 Å². The molecule has 1 aliphatic rings. The average Bonchev–Trinajstić information content (AvgIpc) is 2.55. The van der Waals surface area contributed by atoms with Crippen LogP contribution in [-0.2, 0) is 0 Å². The molecule has 116 valence electrons. The van der Waals surface area contributed by atoms with E-state index < -0.39 is 5.60 Å². The predicted molar refractivity (Wildman–Crippen MR) is 85.1 cm³/mol. The Morgan fingerprint density at radius 3 is 2.77 bits per heavy atom. The molecule has 0 radical (unpaired) electrons. The standard InChI is InChI=1S/C17H21N3O2/c1-14-6-2-3-7-15(14)22-13-17(21)8-4-11-20(12-17)16-18-9-5-10-19-16/h2-3,5-7,9-10,21H,4,8,11-13H2,1H3. The summed E-state index contributed by atoms with van der Waals surface area (Å²) in [6.45, 7) is 3.63. The Labute approximate surface area is 130 Å². The van der Waals surface area contributed by atoms with Gasteiger partial charge in [-0.15, -0.1) is 0 Å². The third-order valence-corrected chi connectivity index (χ3v) is 3.98. The monoisotopic (exact) mass is 299 g/mol. The molecule has 0 spiro atoms. The molecule has 5 heteroatoms. The number of aromatic nitrogens is 2. The molecule has 1 aromatic carbocycles. The fraction of sp³-hybridized carbons (Fsp3) is 0.412. The SMILES string of the molecule is Cc1ccccc1OCC1(O)CCCN(c2ncccn2)C1. The number of hydrogen-bond acceptors (Lipinski definition) is 5. The van der Waals surface area contributed by atoms with E-state index in [0.717, 1.165) is 30.7 Å². The highest BCUT2D eigenvalue weighted by molar-refractivity contribution is 5.33. The molecule has 1 unspecified atom stereocenters. The summed E-state index contributed by atoms with van der Waals surface area (Å²) in [5.74, 6) is 1.49. The van der Waals surface area contributed by atoms with Gasteiger partial charge in [0.05, 0.1) is 6.54 Å². The minimum absolute atomic E-state index is 0.279. The number of benzene rings is 1. The van der Waals surface area contributed by atoms with Crippen molar-refractivity contribution in [3.8, 4) is 5.75 Å². The lowest BCUT2D eigenvalue weighted by molar-refractivity contribution is -0.0159. The largest absolute Gasteiger partial charge is 0.490 e. The van der Waals surface area contributed by atoms with Crippen molar-refractivity contribution in [2.45, 2.75) is 25.4 Å². The van der Waals surface area contributed by atoms with E-state index in [2.05, 4.69) is 9.97 Å². The van der Waals surface area contributed by atoms with Gasteiger partial charge in [-0.1, -0.05) is 18.2 Å². The quantitative estimate of drug-likeness (QED) is 0.938. The van der Waals surface area contributed by atoms with E-state index in [1.807, 2.05) is 36.1 Å². The van der Waals surface area contributed by atoms with Gasteiger partial charge in [0.15, 0.2) is 0 Å². The minimum Gasteiger partial charge on any atom is -0.490 e. The van der Waals surface area contributed by atoms with Gasteiger partial charge in [-0.3, -0.25) is 0 Å². The summed E-state index contributed by atoms with van der Waals surface area (Å²) in [5.41, 5.74) is 0.199. The Balaban J connectivity index is 1.66. The van der Waals surface area contributed by atoms with Crippen LogP contribution in [0.25, 0.3) is 0 Å². The molecule has 1 fully saturated rings. The number of nitrogens with zero attached hydrogens (tertiary/aromatic N) is 3. The number of aliphatic hydroxyl groups is 1. The van der Waals surface area contributed by atoms with E-state index in [1.54, 1.807) is 18.5 Å². The Morgan fingerprint density at radius 1 is 1.23 bits per heavy atom. The van der Waals surface area contributed by atoms with Crippen LogP contribution < -0.4 is 9.64 Å². The zero-order chi connectivity index (χ0) is 15.4. The minimum atomic E-state index is -0.875. The summed E-state index contributed by atoms with van der Waals surface area (Å²) in [6, 6.07) is 9.65. The molecule has 2 heterocycles. The van der Waals surface area contributed by atoms with Crippen molar-refractivity contribution in [2.24, 2.45) is 0 Å². The lowest BCUT2D eigenvalue weighted by Gasteiger charge is -2.38. The highest BCUT2D eigenvalue weighted by Crippen LogP contribution is 2.26. The summed E-state index contributed by atoms with van der Waals surface area (Å²) < 4.78 is 5.85. The number of piperidine rings is 1. The molecule has 1 atom stereocenters. The first-order chi connectivity index (χ1) is 10.7. The van der Waals surface area contributed by atoms with E-state index in [4.69, 9.17) is 4.74 Å². The number of hydrogen-bond donors (Lipinski definition) is 1. The van der Waals surface area contributed by atoms with Crippen LogP contribution in [0.3, 0.4) is 0 Å². The lowest BCUT2D eigenvalue weighted by Crippen LogP contribution is -2.52. The fourth-order valence-corrected chi connectivity index (χ4v) is 2.79. The van der Waals surface area contributed by atoms with Crippen LogP contribution in [0.2, 0.25) is 0 Å². The molecule has 5 nitrogen and oxygen atoms in total. The number of ether oxygens (including phenoxy) is 1. The van der Waals surface area contributed by atoms with Crippen LogP contribution in [-0.4, -0.2) is 40.4 Å². The van der Waals surface area contributed by atoms with Crippen LogP contribution in [0.15, 0.2) is 42.7 Å². The van der Waals surface area contributed by atoms with Crippen molar-refractivity contribution < 1.29 is 9.84 Å². The van der Waals surface area contributed by atoms with Crippen molar-refractivity contribution in [3.05, 3.63) is 48.3 Å². The van der Waals surface area contributed by atoms with Crippen molar-refractivity contribution in [2.75, 3.05) is 24.6 Å². The molecule has 1 aromatic heterocycles. The second kappa shape index (κ2) is 6.32. The summed E-state index contributed by atoms with van der Waals surface area (Å²) in [7, 11) is 0. The van der Waals surface area contributed by atoms with Crippen molar-refractivity contribution in [3.63, 3.8) is 0 Å². The van der Waals surface area contributed by atoms with Gasteiger partial charge in [0.25, 0.3) is 0 Å². The van der Waals surface area contributed by atoms with Crippen molar-refractivity contribution in [1.29, 1.82) is 0 Å². The molecule has 1 aliphatic heterocycles. The molecule has 0 saturated carbocycles. The summed E-state index contributed by atoms with van der Waals surface area (Å²) in [6.07, 6.45) is 5.06. The van der Waals surface area contributed by atoms with Gasteiger partial charge in [0.1, 0.15) is 18.0 Å². The number of rotatable bonds is 4. The predicted octanol–water partition coefficient (Wildman–Crippen LogP) is 2.20. The fourth-order valence-electron chi connectivity index (χ4n) is 2.79. The summed E-state index contributed by atoms with van der Waals surface area (Å²) >= 11 is 0. The second-order valence-corrected chi connectivity index (χ2v) is 5.85. The number of β-amino-alcohol motifs (C(OH)–C–C–N with tert-alkyl or cyclic N) is 1. The molecule has 2 aromatic rings. The maximum atomic E-state index is 10.8. The Kier molecular flexibility index (Phi) is 4.24. The molecular formula is C17H21N3O2. The topological polar surface area (TPSA) is 58.5 Å². The molecule has 0 bridgehead atoms. The number of para-hydroxylation sites is 1. The van der Waals surface area contributed by atoms with Gasteiger partial charge in [-0.05, 0) is 37.5 Å².